The van der Waals surface area contributed by atoms with Gasteiger partial charge in [0.25, 0.3) is 0 Å². The lowest BCUT2D eigenvalue weighted by atomic mass is 10.3. The quantitative estimate of drug-likeness (QED) is 0.812. The van der Waals surface area contributed by atoms with Crippen LogP contribution >= 0.6 is 11.3 Å². The van der Waals surface area contributed by atoms with E-state index in [-0.39, 0.29) is 0 Å². The van der Waals surface area contributed by atoms with Crippen LogP contribution < -0.4 is 9.04 Å². The Kier molecular flexibility index (Phi) is 4.10. The van der Waals surface area contributed by atoms with E-state index in [1.807, 2.05) is 5.38 Å². The first-order chi connectivity index (χ1) is 10.4. The number of anilines is 1. The number of rotatable bonds is 6. The smallest absolute Gasteiger partial charge is 0.231 e. The van der Waals surface area contributed by atoms with Gasteiger partial charge in [0.05, 0.1) is 22.6 Å². The van der Waals surface area contributed by atoms with E-state index in [9.17, 15) is 8.42 Å². The Morgan fingerprint density at radius 2 is 2.00 bits per heavy atom. The lowest BCUT2D eigenvalue weighted by Gasteiger charge is -2.16. The molecule has 0 unspecified atom stereocenters. The van der Waals surface area contributed by atoms with Crippen molar-refractivity contribution >= 4 is 27.0 Å². The molecule has 1 aromatic carbocycles. The summed E-state index contributed by atoms with van der Waals surface area (Å²) in [6.07, 6.45) is 3.68. The van der Waals surface area contributed by atoms with Crippen LogP contribution in [0.4, 0.5) is 5.69 Å². The zero-order valence-electron chi connectivity index (χ0n) is 12.5. The Hall–Kier alpha value is -1.60. The molecule has 0 radical (unpaired) electrons. The van der Waals surface area contributed by atoms with Crippen molar-refractivity contribution in [3.8, 4) is 5.75 Å². The van der Waals surface area contributed by atoms with E-state index in [4.69, 9.17) is 4.74 Å². The Bertz CT molecular complexity index is 749. The Balaban J connectivity index is 1.60. The highest BCUT2D eigenvalue weighted by Crippen LogP contribution is 2.41. The minimum Gasteiger partial charge on any atom is -0.487 e. The molecular weight excluding hydrogens is 320 g/mol. The summed E-state index contributed by atoms with van der Waals surface area (Å²) >= 11 is 1.70. The zero-order chi connectivity index (χ0) is 15.7. The maximum absolute atomic E-state index is 11.5. The first kappa shape index (κ1) is 15.3. The standard InChI is InChI=1S/C15H18N2O3S2/c1-17(22(2,18)19)13-5-7-14(8-6-13)20-9-12-10-21-15(16-12)11-3-4-11/h5-8,10-11H,3-4,9H2,1-2H3. The first-order valence-corrected chi connectivity index (χ1v) is 9.77. The lowest BCUT2D eigenvalue weighted by Crippen LogP contribution is -2.24. The maximum atomic E-state index is 11.5. The van der Waals surface area contributed by atoms with Crippen molar-refractivity contribution in [2.75, 3.05) is 17.6 Å². The van der Waals surface area contributed by atoms with Gasteiger partial charge in [-0.05, 0) is 37.1 Å². The van der Waals surface area contributed by atoms with E-state index >= 15 is 0 Å². The molecule has 118 valence electrons. The van der Waals surface area contributed by atoms with E-state index in [1.54, 1.807) is 35.6 Å². The predicted molar refractivity (Wildman–Crippen MR) is 88.1 cm³/mol. The highest BCUT2D eigenvalue weighted by Gasteiger charge is 2.26. The third-order valence-corrected chi connectivity index (χ3v) is 5.84. The van der Waals surface area contributed by atoms with Gasteiger partial charge in [0.2, 0.25) is 10.0 Å². The summed E-state index contributed by atoms with van der Waals surface area (Å²) in [6.45, 7) is 0.435. The second-order valence-electron chi connectivity index (χ2n) is 5.46. The molecule has 0 saturated heterocycles. The molecule has 5 nitrogen and oxygen atoms in total. The van der Waals surface area contributed by atoms with Crippen LogP contribution in [-0.4, -0.2) is 26.7 Å². The zero-order valence-corrected chi connectivity index (χ0v) is 14.2. The van der Waals surface area contributed by atoms with Gasteiger partial charge in [-0.15, -0.1) is 11.3 Å². The fourth-order valence-corrected chi connectivity index (χ4v) is 3.49. The normalized spacial score (nSPS) is 14.8. The molecule has 1 aliphatic carbocycles. The van der Waals surface area contributed by atoms with Crippen molar-refractivity contribution in [2.45, 2.75) is 25.4 Å². The highest BCUT2D eigenvalue weighted by molar-refractivity contribution is 7.92. The Morgan fingerprint density at radius 1 is 1.32 bits per heavy atom. The summed E-state index contributed by atoms with van der Waals surface area (Å²) in [4.78, 5) is 4.57. The Morgan fingerprint density at radius 3 is 2.59 bits per heavy atom. The van der Waals surface area contributed by atoms with Crippen molar-refractivity contribution in [3.05, 3.63) is 40.3 Å². The van der Waals surface area contributed by atoms with Gasteiger partial charge in [-0.3, -0.25) is 4.31 Å². The third-order valence-electron chi connectivity index (χ3n) is 3.58. The monoisotopic (exact) mass is 338 g/mol. The van der Waals surface area contributed by atoms with E-state index in [0.717, 1.165) is 5.69 Å². The highest BCUT2D eigenvalue weighted by atomic mass is 32.2. The van der Waals surface area contributed by atoms with Crippen molar-refractivity contribution in [3.63, 3.8) is 0 Å². The molecular formula is C15H18N2O3S2. The molecule has 1 heterocycles. The van der Waals surface area contributed by atoms with Gasteiger partial charge >= 0.3 is 0 Å². The van der Waals surface area contributed by atoms with E-state index < -0.39 is 10.0 Å². The summed E-state index contributed by atoms with van der Waals surface area (Å²) in [5.74, 6) is 1.37. The molecule has 2 aromatic rings. The number of hydrogen-bond acceptors (Lipinski definition) is 5. The summed E-state index contributed by atoms with van der Waals surface area (Å²) in [5.41, 5.74) is 1.56. The lowest BCUT2D eigenvalue weighted by molar-refractivity contribution is 0.302. The average molecular weight is 338 g/mol. The fraction of sp³-hybridized carbons (Fsp3) is 0.400. The van der Waals surface area contributed by atoms with Crippen LogP contribution in [0.3, 0.4) is 0 Å². The minimum atomic E-state index is -3.24. The second kappa shape index (κ2) is 5.89. The topological polar surface area (TPSA) is 59.5 Å². The number of hydrogen-bond donors (Lipinski definition) is 0. The number of aromatic nitrogens is 1. The maximum Gasteiger partial charge on any atom is 0.231 e. The molecule has 7 heteroatoms. The van der Waals surface area contributed by atoms with Crippen LogP contribution in [-0.2, 0) is 16.6 Å². The number of thiazole rings is 1. The van der Waals surface area contributed by atoms with Crippen LogP contribution in [0.15, 0.2) is 29.6 Å². The van der Waals surface area contributed by atoms with Crippen LogP contribution in [0.25, 0.3) is 0 Å². The van der Waals surface area contributed by atoms with E-state index in [0.29, 0.717) is 24.0 Å². The molecule has 0 N–H and O–H groups in total. The van der Waals surface area contributed by atoms with Gasteiger partial charge < -0.3 is 4.74 Å². The van der Waals surface area contributed by atoms with Gasteiger partial charge in [-0.25, -0.2) is 13.4 Å². The molecule has 0 aliphatic heterocycles. The van der Waals surface area contributed by atoms with Crippen molar-refractivity contribution < 1.29 is 13.2 Å². The number of sulfonamides is 1. The van der Waals surface area contributed by atoms with Crippen LogP contribution in [0.1, 0.15) is 29.5 Å². The third kappa shape index (κ3) is 3.59. The number of benzene rings is 1. The molecule has 0 bridgehead atoms. The van der Waals surface area contributed by atoms with Crippen LogP contribution in [0.5, 0.6) is 5.75 Å². The minimum absolute atomic E-state index is 0.435. The second-order valence-corrected chi connectivity index (χ2v) is 8.37. The van der Waals surface area contributed by atoms with Gasteiger partial charge in [0.15, 0.2) is 0 Å². The molecule has 0 amide bonds. The molecule has 0 atom stereocenters. The molecule has 1 fully saturated rings. The summed E-state index contributed by atoms with van der Waals surface area (Å²) < 4.78 is 29.9. The van der Waals surface area contributed by atoms with Gasteiger partial charge in [-0.2, -0.15) is 0 Å². The molecule has 3 rings (SSSR count). The van der Waals surface area contributed by atoms with E-state index in [1.165, 1.54) is 35.5 Å². The van der Waals surface area contributed by atoms with Crippen molar-refractivity contribution in [2.24, 2.45) is 0 Å². The van der Waals surface area contributed by atoms with Gasteiger partial charge in [0, 0.05) is 18.3 Å². The molecule has 1 aromatic heterocycles. The fourth-order valence-electron chi connectivity index (χ4n) is 2.01. The number of ether oxygens (including phenoxy) is 1. The summed E-state index contributed by atoms with van der Waals surface area (Å²) in [7, 11) is -1.71. The Labute approximate surface area is 134 Å². The van der Waals surface area contributed by atoms with Crippen LogP contribution in [0.2, 0.25) is 0 Å². The molecule has 22 heavy (non-hydrogen) atoms. The van der Waals surface area contributed by atoms with Crippen molar-refractivity contribution in [1.82, 2.24) is 4.98 Å². The van der Waals surface area contributed by atoms with Gasteiger partial charge in [-0.1, -0.05) is 0 Å². The predicted octanol–water partition coefficient (Wildman–Crippen LogP) is 3.00. The molecule has 1 aliphatic rings. The van der Waals surface area contributed by atoms with Crippen LogP contribution in [0, 0.1) is 0 Å². The van der Waals surface area contributed by atoms with E-state index in [2.05, 4.69) is 4.98 Å². The largest absolute Gasteiger partial charge is 0.487 e. The van der Waals surface area contributed by atoms with Crippen molar-refractivity contribution in [1.29, 1.82) is 0 Å². The number of nitrogens with zero attached hydrogens (tertiary/aromatic N) is 2. The average Bonchev–Trinajstić information content (AvgIpc) is 3.23. The summed E-state index contributed by atoms with van der Waals surface area (Å²) in [5, 5.41) is 3.25. The molecule has 0 spiro atoms. The van der Waals surface area contributed by atoms with Gasteiger partial charge in [0.1, 0.15) is 12.4 Å². The SMILES string of the molecule is CN(c1ccc(OCc2csc(C3CC3)n2)cc1)S(C)(=O)=O. The summed E-state index contributed by atoms with van der Waals surface area (Å²) in [6, 6.07) is 7.00. The first-order valence-electron chi connectivity index (χ1n) is 7.04. The molecule has 1 saturated carbocycles.